The summed E-state index contributed by atoms with van der Waals surface area (Å²) in [7, 11) is -4.38. The van der Waals surface area contributed by atoms with Gasteiger partial charge >= 0.3 is 25.5 Å². The van der Waals surface area contributed by atoms with Crippen molar-refractivity contribution in [2.24, 2.45) is 10.8 Å². The van der Waals surface area contributed by atoms with Crippen molar-refractivity contribution in [1.82, 2.24) is 9.55 Å². The van der Waals surface area contributed by atoms with Gasteiger partial charge in [0.2, 0.25) is 13.6 Å². The number of carbonyl (C=O) groups excluding carboxylic acids is 2. The molecule has 0 saturated carbocycles. The van der Waals surface area contributed by atoms with Crippen LogP contribution < -0.4 is 11.2 Å². The molecule has 15 heteroatoms. The van der Waals surface area contributed by atoms with Gasteiger partial charge in [0.15, 0.2) is 0 Å². The topological polar surface area (TPSA) is 161 Å². The lowest BCUT2D eigenvalue weighted by atomic mass is 9.98. The number of hydrogen-bond donors (Lipinski definition) is 1. The quantitative estimate of drug-likeness (QED) is 0.257. The van der Waals surface area contributed by atoms with Gasteiger partial charge in [-0.2, -0.15) is 0 Å². The minimum Gasteiger partial charge on any atom is -0.437 e. The van der Waals surface area contributed by atoms with Crippen LogP contribution in [0.3, 0.4) is 0 Å². The number of H-pyrrole nitrogens is 1. The number of esters is 2. The molecular weight excluding hydrogens is 523 g/mol. The number of aromatic amines is 1. The third kappa shape index (κ3) is 8.82. The molecule has 0 amide bonds. The van der Waals surface area contributed by atoms with Crippen LogP contribution >= 0.6 is 19.4 Å². The van der Waals surface area contributed by atoms with Gasteiger partial charge in [0.25, 0.3) is 5.56 Å². The molecule has 0 radical (unpaired) electrons. The van der Waals surface area contributed by atoms with Crippen molar-refractivity contribution in [3.8, 4) is 0 Å². The Balaban J connectivity index is 2.00. The molecule has 2 unspecified atom stereocenters. The van der Waals surface area contributed by atoms with Crippen LogP contribution in [0.1, 0.15) is 60.6 Å². The average molecular weight is 555 g/mol. The first-order valence-electron chi connectivity index (χ1n) is 11.1. The van der Waals surface area contributed by atoms with Gasteiger partial charge in [0, 0.05) is 6.20 Å². The fourth-order valence-electron chi connectivity index (χ4n) is 2.70. The minimum atomic E-state index is -4.38. The van der Waals surface area contributed by atoms with Gasteiger partial charge in [0.05, 0.1) is 23.5 Å². The molecule has 1 saturated heterocycles. The SMILES string of the molecule is CC(C)(C)C(=O)OCOP(=O)(OCOC(=O)C(C)(C)C)OCC1CCC(n2cc(Cl)c(=O)[nH]c2=O)O1. The zero-order valence-corrected chi connectivity index (χ0v) is 22.7. The number of nitrogens with zero attached hydrogens (tertiary/aromatic N) is 1. The summed E-state index contributed by atoms with van der Waals surface area (Å²) in [5.41, 5.74) is -3.07. The zero-order valence-electron chi connectivity index (χ0n) is 21.0. The van der Waals surface area contributed by atoms with E-state index in [1.807, 2.05) is 0 Å². The maximum atomic E-state index is 13.1. The predicted octanol–water partition coefficient (Wildman–Crippen LogP) is 3.12. The maximum absolute atomic E-state index is 13.1. The second-order valence-electron chi connectivity index (χ2n) is 10.0. The lowest BCUT2D eigenvalue weighted by molar-refractivity contribution is -0.163. The Morgan fingerprint density at radius 3 is 2.06 bits per heavy atom. The molecule has 204 valence electrons. The summed E-state index contributed by atoms with van der Waals surface area (Å²) in [6.45, 7) is 8.00. The van der Waals surface area contributed by atoms with E-state index in [1.54, 1.807) is 41.5 Å². The van der Waals surface area contributed by atoms with E-state index in [1.165, 1.54) is 6.20 Å². The smallest absolute Gasteiger partial charge is 0.437 e. The van der Waals surface area contributed by atoms with Crippen molar-refractivity contribution in [2.45, 2.75) is 66.7 Å². The number of hydrogen-bond acceptors (Lipinski definition) is 11. The molecule has 13 nitrogen and oxygen atoms in total. The van der Waals surface area contributed by atoms with Crippen molar-refractivity contribution < 1.29 is 41.9 Å². The molecular formula is C21H32ClN2O11P. The summed E-state index contributed by atoms with van der Waals surface area (Å²) >= 11 is 5.79. The number of carbonyl (C=O) groups is 2. The van der Waals surface area contributed by atoms with Crippen LogP contribution in [0.5, 0.6) is 0 Å². The second kappa shape index (κ2) is 12.0. The van der Waals surface area contributed by atoms with Crippen molar-refractivity contribution in [2.75, 3.05) is 20.2 Å². The number of ether oxygens (including phenoxy) is 3. The highest BCUT2D eigenvalue weighted by Gasteiger charge is 2.35. The maximum Gasteiger partial charge on any atom is 0.480 e. The Labute approximate surface area is 212 Å². The van der Waals surface area contributed by atoms with E-state index in [0.717, 1.165) is 4.57 Å². The molecule has 1 fully saturated rings. The Bertz CT molecular complexity index is 1070. The largest absolute Gasteiger partial charge is 0.480 e. The van der Waals surface area contributed by atoms with Crippen LogP contribution in [-0.4, -0.2) is 47.8 Å². The van der Waals surface area contributed by atoms with Crippen LogP contribution in [0, 0.1) is 10.8 Å². The van der Waals surface area contributed by atoms with Crippen LogP contribution in [0.4, 0.5) is 0 Å². The molecule has 0 spiro atoms. The number of aromatic nitrogens is 2. The zero-order chi connectivity index (χ0) is 27.3. The van der Waals surface area contributed by atoms with Crippen molar-refractivity contribution in [3.05, 3.63) is 32.1 Å². The molecule has 1 aliphatic rings. The molecule has 1 aromatic heterocycles. The summed E-state index contributed by atoms with van der Waals surface area (Å²) in [6.07, 6.45) is 0.547. The van der Waals surface area contributed by atoms with Gasteiger partial charge in [-0.25, -0.2) is 18.4 Å². The van der Waals surface area contributed by atoms with Crippen LogP contribution in [0.15, 0.2) is 15.8 Å². The van der Waals surface area contributed by atoms with E-state index < -0.39 is 67.8 Å². The second-order valence-corrected chi connectivity index (χ2v) is 12.1. The van der Waals surface area contributed by atoms with E-state index in [2.05, 4.69) is 4.98 Å². The summed E-state index contributed by atoms with van der Waals surface area (Å²) < 4.78 is 45.4. The predicted molar refractivity (Wildman–Crippen MR) is 126 cm³/mol. The Morgan fingerprint density at radius 2 is 1.56 bits per heavy atom. The number of halogens is 1. The fraction of sp³-hybridized carbons (Fsp3) is 0.714. The van der Waals surface area contributed by atoms with Crippen LogP contribution in [0.25, 0.3) is 0 Å². The van der Waals surface area contributed by atoms with E-state index in [-0.39, 0.29) is 11.6 Å². The lowest BCUT2D eigenvalue weighted by Crippen LogP contribution is -2.32. The third-order valence-corrected chi connectivity index (χ3v) is 6.34. The van der Waals surface area contributed by atoms with E-state index in [0.29, 0.717) is 12.8 Å². The normalized spacial score (nSPS) is 18.8. The Morgan fingerprint density at radius 1 is 1.03 bits per heavy atom. The van der Waals surface area contributed by atoms with Gasteiger partial charge in [-0.05, 0) is 54.4 Å². The van der Waals surface area contributed by atoms with Crippen molar-refractivity contribution >= 4 is 31.4 Å². The minimum absolute atomic E-state index is 0.182. The van der Waals surface area contributed by atoms with Crippen LogP contribution in [0.2, 0.25) is 5.02 Å². The number of rotatable bonds is 10. The number of nitrogens with one attached hydrogen (secondary N) is 1. The Kier molecular flexibility index (Phi) is 10.1. The number of phosphoric acid groups is 1. The summed E-state index contributed by atoms with van der Waals surface area (Å²) in [5, 5.41) is -0.182. The third-order valence-electron chi connectivity index (χ3n) is 4.76. The molecule has 0 aromatic carbocycles. The fourth-order valence-corrected chi connectivity index (χ4v) is 3.79. The highest BCUT2D eigenvalue weighted by Crippen LogP contribution is 2.50. The van der Waals surface area contributed by atoms with Gasteiger partial charge in [-0.15, -0.1) is 0 Å². The first-order chi connectivity index (χ1) is 16.5. The first-order valence-corrected chi connectivity index (χ1v) is 12.9. The van der Waals surface area contributed by atoms with Gasteiger partial charge in [-0.1, -0.05) is 11.6 Å². The molecule has 2 heterocycles. The van der Waals surface area contributed by atoms with Gasteiger partial charge in [-0.3, -0.25) is 28.5 Å². The van der Waals surface area contributed by atoms with Crippen molar-refractivity contribution in [1.29, 1.82) is 0 Å². The van der Waals surface area contributed by atoms with E-state index in [9.17, 15) is 23.7 Å². The van der Waals surface area contributed by atoms with Gasteiger partial charge < -0.3 is 14.2 Å². The molecule has 36 heavy (non-hydrogen) atoms. The molecule has 1 aromatic rings. The molecule has 1 N–H and O–H groups in total. The van der Waals surface area contributed by atoms with Gasteiger partial charge in [0.1, 0.15) is 11.3 Å². The first kappa shape index (κ1) is 30.2. The highest BCUT2D eigenvalue weighted by molar-refractivity contribution is 7.48. The van der Waals surface area contributed by atoms with E-state index >= 15 is 0 Å². The lowest BCUT2D eigenvalue weighted by Gasteiger charge is -2.22. The number of phosphoric ester groups is 1. The molecule has 2 rings (SSSR count). The molecule has 0 bridgehead atoms. The monoisotopic (exact) mass is 554 g/mol. The molecule has 0 aliphatic carbocycles. The summed E-state index contributed by atoms with van der Waals surface area (Å²) in [4.78, 5) is 49.5. The molecule has 2 atom stereocenters. The van der Waals surface area contributed by atoms with Crippen molar-refractivity contribution in [3.63, 3.8) is 0 Å². The van der Waals surface area contributed by atoms with Crippen LogP contribution in [-0.2, 0) is 41.9 Å². The Hall–Kier alpha value is -2.02. The van der Waals surface area contributed by atoms with E-state index in [4.69, 9.17) is 39.4 Å². The summed E-state index contributed by atoms with van der Waals surface area (Å²) in [6, 6.07) is 0. The standard InChI is InChI=1S/C21H32ClN2O11P/c1-20(2,3)17(26)30-11-33-36(29,34-12-31-18(27)21(4,5)6)32-10-13-7-8-15(35-13)24-9-14(22)16(25)23-19(24)28/h9,13,15H,7-8,10-12H2,1-6H3,(H,23,25,28). The average Bonchev–Trinajstić information content (AvgIpc) is 3.22. The molecule has 1 aliphatic heterocycles. The highest BCUT2D eigenvalue weighted by atomic mass is 35.5. The summed E-state index contributed by atoms with van der Waals surface area (Å²) in [5.74, 6) is -1.22.